The van der Waals surface area contributed by atoms with Crippen LogP contribution in [0.15, 0.2) is 18.2 Å². The smallest absolute Gasteiger partial charge is 0.281 e. The number of nitrogens with one attached hydrogen (secondary N) is 2. The van der Waals surface area contributed by atoms with E-state index in [2.05, 4.69) is 4.98 Å². The summed E-state index contributed by atoms with van der Waals surface area (Å²) in [5, 5.41) is 11.3. The third-order valence-corrected chi connectivity index (χ3v) is 2.61. The van der Waals surface area contributed by atoms with Crippen LogP contribution in [-0.2, 0) is 0 Å². The van der Waals surface area contributed by atoms with Gasteiger partial charge in [0.15, 0.2) is 0 Å². The molecular formula is C10H10N4O3. The number of nitro groups is 1. The molecule has 17 heavy (non-hydrogen) atoms. The van der Waals surface area contributed by atoms with Crippen LogP contribution in [0.5, 0.6) is 0 Å². The fourth-order valence-corrected chi connectivity index (χ4v) is 1.84. The predicted octanol–water partition coefficient (Wildman–Crippen LogP) is 0.988. The first-order valence-electron chi connectivity index (χ1n) is 4.83. The molecular weight excluding hydrogens is 224 g/mol. The number of rotatable bonds is 2. The van der Waals surface area contributed by atoms with Crippen molar-refractivity contribution >= 4 is 22.5 Å². The highest BCUT2D eigenvalue weighted by molar-refractivity contribution is 6.03. The number of nitrogen functional groups attached to an aromatic ring is 1. The molecule has 0 aliphatic heterocycles. The van der Waals surface area contributed by atoms with Gasteiger partial charge in [0.1, 0.15) is 5.69 Å². The number of aromatic nitrogens is 1. The van der Waals surface area contributed by atoms with Crippen LogP contribution in [0.4, 0.5) is 5.69 Å². The number of nitrogens with zero attached hydrogens (tertiary/aromatic N) is 1. The summed E-state index contributed by atoms with van der Waals surface area (Å²) in [4.78, 5) is 24.7. The Labute approximate surface area is 95.7 Å². The van der Waals surface area contributed by atoms with E-state index < -0.39 is 10.8 Å². The number of aryl methyl sites for hydroxylation is 1. The average Bonchev–Trinajstić information content (AvgIpc) is 2.66. The maximum Gasteiger partial charge on any atom is 0.281 e. The minimum absolute atomic E-state index is 0.0349. The Hall–Kier alpha value is -2.41. The molecule has 0 radical (unpaired) electrons. The largest absolute Gasteiger partial charge is 0.350 e. The second kappa shape index (κ2) is 3.87. The number of hydrogen-bond donors (Lipinski definition) is 3. The molecule has 4 N–H and O–H groups in total. The second-order valence-electron chi connectivity index (χ2n) is 3.56. The van der Waals surface area contributed by atoms with Gasteiger partial charge in [0, 0.05) is 6.07 Å². The van der Waals surface area contributed by atoms with Gasteiger partial charge in [0.2, 0.25) is 0 Å². The minimum Gasteiger partial charge on any atom is -0.350 e. The number of non-ortho nitro benzene ring substituents is 1. The standard InChI is InChI=1S/C10H10N4O3/c1-5-8-6(12-9(5)10(15)13-11)3-2-4-7(8)14(16)17/h2-4,12H,11H2,1H3,(H,13,15). The maximum atomic E-state index is 11.4. The van der Waals surface area contributed by atoms with Crippen molar-refractivity contribution in [1.29, 1.82) is 0 Å². The molecule has 0 saturated heterocycles. The average molecular weight is 234 g/mol. The summed E-state index contributed by atoms with van der Waals surface area (Å²) < 4.78 is 0. The Morgan fingerprint density at radius 3 is 2.82 bits per heavy atom. The van der Waals surface area contributed by atoms with Crippen molar-refractivity contribution in [3.8, 4) is 0 Å². The molecule has 0 atom stereocenters. The number of hydrazine groups is 1. The van der Waals surface area contributed by atoms with Crippen molar-refractivity contribution in [1.82, 2.24) is 10.4 Å². The van der Waals surface area contributed by atoms with Gasteiger partial charge in [-0.05, 0) is 18.6 Å². The summed E-state index contributed by atoms with van der Waals surface area (Å²) in [5.74, 6) is 4.53. The lowest BCUT2D eigenvalue weighted by Gasteiger charge is -1.97. The Kier molecular flexibility index (Phi) is 2.52. The molecule has 0 aliphatic rings. The monoisotopic (exact) mass is 234 g/mol. The molecule has 7 heteroatoms. The van der Waals surface area contributed by atoms with Crippen molar-refractivity contribution in [3.05, 3.63) is 39.6 Å². The van der Waals surface area contributed by atoms with Crippen molar-refractivity contribution in [2.75, 3.05) is 0 Å². The number of H-pyrrole nitrogens is 1. The number of nitrogens with two attached hydrogens (primary N) is 1. The molecule has 0 fully saturated rings. The highest BCUT2D eigenvalue weighted by Gasteiger charge is 2.20. The van der Waals surface area contributed by atoms with Gasteiger partial charge in [-0.25, -0.2) is 5.84 Å². The predicted molar refractivity (Wildman–Crippen MR) is 61.3 cm³/mol. The van der Waals surface area contributed by atoms with Gasteiger partial charge < -0.3 is 4.98 Å². The van der Waals surface area contributed by atoms with E-state index in [1.54, 1.807) is 19.1 Å². The fourth-order valence-electron chi connectivity index (χ4n) is 1.84. The number of amides is 1. The summed E-state index contributed by atoms with van der Waals surface area (Å²) in [5.41, 5.74) is 3.24. The number of benzene rings is 1. The van der Waals surface area contributed by atoms with Crippen LogP contribution in [0.25, 0.3) is 10.9 Å². The Bertz CT molecular complexity index is 617. The molecule has 1 aromatic heterocycles. The van der Waals surface area contributed by atoms with Crippen LogP contribution in [-0.4, -0.2) is 15.8 Å². The number of carbonyl (C=O) groups is 1. The molecule has 7 nitrogen and oxygen atoms in total. The Morgan fingerprint density at radius 1 is 1.53 bits per heavy atom. The van der Waals surface area contributed by atoms with Crippen LogP contribution in [0, 0.1) is 17.0 Å². The fraction of sp³-hybridized carbons (Fsp3) is 0.100. The quantitative estimate of drug-likeness (QED) is 0.311. The van der Waals surface area contributed by atoms with E-state index in [9.17, 15) is 14.9 Å². The normalized spacial score (nSPS) is 10.5. The molecule has 0 aliphatic carbocycles. The van der Waals surface area contributed by atoms with E-state index in [1.807, 2.05) is 5.43 Å². The van der Waals surface area contributed by atoms with E-state index in [4.69, 9.17) is 5.84 Å². The van der Waals surface area contributed by atoms with E-state index >= 15 is 0 Å². The lowest BCUT2D eigenvalue weighted by Crippen LogP contribution is -2.30. The van der Waals surface area contributed by atoms with Crippen molar-refractivity contribution in [2.24, 2.45) is 5.84 Å². The topological polar surface area (TPSA) is 114 Å². The zero-order chi connectivity index (χ0) is 12.6. The van der Waals surface area contributed by atoms with Crippen LogP contribution >= 0.6 is 0 Å². The summed E-state index contributed by atoms with van der Waals surface area (Å²) in [6.45, 7) is 1.64. The number of nitro benzene ring substituents is 1. The lowest BCUT2D eigenvalue weighted by molar-refractivity contribution is -0.383. The molecule has 1 amide bonds. The highest BCUT2D eigenvalue weighted by Crippen LogP contribution is 2.30. The Balaban J connectivity index is 2.79. The molecule has 0 spiro atoms. The molecule has 0 saturated carbocycles. The summed E-state index contributed by atoms with van der Waals surface area (Å²) in [6, 6.07) is 4.62. The van der Waals surface area contributed by atoms with Crippen molar-refractivity contribution in [3.63, 3.8) is 0 Å². The van der Waals surface area contributed by atoms with Crippen LogP contribution in [0.3, 0.4) is 0 Å². The molecule has 2 aromatic rings. The van der Waals surface area contributed by atoms with Crippen molar-refractivity contribution < 1.29 is 9.72 Å². The molecule has 88 valence electrons. The second-order valence-corrected chi connectivity index (χ2v) is 3.56. The van der Waals surface area contributed by atoms with Crippen molar-refractivity contribution in [2.45, 2.75) is 6.92 Å². The van der Waals surface area contributed by atoms with E-state index in [0.29, 0.717) is 16.5 Å². The number of carbonyl (C=O) groups excluding carboxylic acids is 1. The van der Waals surface area contributed by atoms with Gasteiger partial charge in [-0.15, -0.1) is 0 Å². The summed E-state index contributed by atoms with van der Waals surface area (Å²) >= 11 is 0. The van der Waals surface area contributed by atoms with E-state index in [0.717, 1.165) is 0 Å². The van der Waals surface area contributed by atoms with Gasteiger partial charge >= 0.3 is 0 Å². The zero-order valence-electron chi connectivity index (χ0n) is 8.98. The van der Waals surface area contributed by atoms with E-state index in [-0.39, 0.29) is 11.4 Å². The van der Waals surface area contributed by atoms with Gasteiger partial charge in [-0.1, -0.05) is 6.07 Å². The molecule has 2 rings (SSSR count). The molecule has 1 aromatic carbocycles. The number of hydrogen-bond acceptors (Lipinski definition) is 4. The number of fused-ring (bicyclic) bond motifs is 1. The number of aromatic amines is 1. The third-order valence-electron chi connectivity index (χ3n) is 2.61. The van der Waals surface area contributed by atoms with Gasteiger partial charge in [0.05, 0.1) is 15.8 Å². The van der Waals surface area contributed by atoms with Crippen LogP contribution in [0.1, 0.15) is 16.1 Å². The lowest BCUT2D eigenvalue weighted by atomic mass is 10.1. The molecule has 0 bridgehead atoms. The first-order valence-corrected chi connectivity index (χ1v) is 4.83. The SMILES string of the molecule is Cc1c(C(=O)NN)[nH]c2cccc([N+](=O)[O-])c12. The van der Waals surface area contributed by atoms with Gasteiger partial charge in [-0.2, -0.15) is 0 Å². The molecule has 0 unspecified atom stereocenters. The first-order chi connectivity index (χ1) is 8.06. The first kappa shape index (κ1) is 11.1. The minimum atomic E-state index is -0.506. The van der Waals surface area contributed by atoms with Crippen LogP contribution in [0.2, 0.25) is 0 Å². The third kappa shape index (κ3) is 1.62. The van der Waals surface area contributed by atoms with E-state index in [1.165, 1.54) is 6.07 Å². The Morgan fingerprint density at radius 2 is 2.24 bits per heavy atom. The highest BCUT2D eigenvalue weighted by atomic mass is 16.6. The van der Waals surface area contributed by atoms with Gasteiger partial charge in [-0.3, -0.25) is 20.3 Å². The summed E-state index contributed by atoms with van der Waals surface area (Å²) in [6.07, 6.45) is 0. The molecule has 1 heterocycles. The van der Waals surface area contributed by atoms with Gasteiger partial charge in [0.25, 0.3) is 11.6 Å². The maximum absolute atomic E-state index is 11.4. The van der Waals surface area contributed by atoms with Crippen LogP contribution < -0.4 is 11.3 Å². The summed E-state index contributed by atoms with van der Waals surface area (Å²) in [7, 11) is 0. The zero-order valence-corrected chi connectivity index (χ0v) is 8.98.